The van der Waals surface area contributed by atoms with E-state index in [4.69, 9.17) is 4.98 Å². The number of aromatic nitrogens is 2. The second-order valence-corrected chi connectivity index (χ2v) is 11.7. The van der Waals surface area contributed by atoms with Crippen molar-refractivity contribution in [1.82, 2.24) is 15.3 Å². The van der Waals surface area contributed by atoms with Crippen molar-refractivity contribution in [2.45, 2.75) is 30.0 Å². The zero-order chi connectivity index (χ0) is 28.3. The van der Waals surface area contributed by atoms with E-state index in [0.29, 0.717) is 32.0 Å². The number of nitrogens with one attached hydrogen (secondary N) is 2. The maximum atomic E-state index is 13.4. The van der Waals surface area contributed by atoms with E-state index in [0.717, 1.165) is 34.7 Å². The van der Waals surface area contributed by atoms with Crippen LogP contribution in [0, 0.1) is 0 Å². The number of sulfonamides is 1. The Bertz CT molecular complexity index is 1590. The highest BCUT2D eigenvalue weighted by atomic mass is 32.2. The summed E-state index contributed by atoms with van der Waals surface area (Å²) in [5, 5.41) is 5.72. The standard InChI is InChI=1S/C27H24F3N5O3S2/c28-27(29,30)19-8-9-22(23(15-19)34-40(37,38)21-7-4-12-31-16-21)25(36)32-20-10-13-35(14-11-20)26-33-24(17-39-26)18-5-2-1-3-6-18/h1-9,12,15-17,20,34H,10-11,13-14H2,(H,32,36). The van der Waals surface area contributed by atoms with Crippen LogP contribution in [0.1, 0.15) is 28.8 Å². The van der Waals surface area contributed by atoms with Crippen molar-refractivity contribution in [2.75, 3.05) is 22.7 Å². The van der Waals surface area contributed by atoms with Crippen molar-refractivity contribution in [2.24, 2.45) is 0 Å². The van der Waals surface area contributed by atoms with E-state index in [1.165, 1.54) is 29.7 Å². The Morgan fingerprint density at radius 1 is 1.02 bits per heavy atom. The third-order valence-corrected chi connectivity index (χ3v) is 8.70. The lowest BCUT2D eigenvalue weighted by molar-refractivity contribution is -0.137. The number of piperidine rings is 1. The number of anilines is 2. The zero-order valence-corrected chi connectivity index (χ0v) is 22.6. The third kappa shape index (κ3) is 6.26. The summed E-state index contributed by atoms with van der Waals surface area (Å²) in [5.74, 6) is -0.670. The fourth-order valence-corrected chi connectivity index (χ4v) is 6.26. The van der Waals surface area contributed by atoms with E-state index in [2.05, 4.69) is 19.9 Å². The number of amides is 1. The summed E-state index contributed by atoms with van der Waals surface area (Å²) in [5.41, 5.74) is 0.151. The van der Waals surface area contributed by atoms with Gasteiger partial charge in [-0.05, 0) is 43.2 Å². The maximum Gasteiger partial charge on any atom is 0.416 e. The van der Waals surface area contributed by atoms with Gasteiger partial charge >= 0.3 is 6.18 Å². The summed E-state index contributed by atoms with van der Waals surface area (Å²) in [7, 11) is -4.29. The highest BCUT2D eigenvalue weighted by Gasteiger charge is 2.33. The quantitative estimate of drug-likeness (QED) is 0.299. The van der Waals surface area contributed by atoms with E-state index in [1.807, 2.05) is 35.7 Å². The minimum atomic E-state index is -4.73. The molecule has 0 unspecified atom stereocenters. The van der Waals surface area contributed by atoms with Crippen LogP contribution >= 0.6 is 11.3 Å². The van der Waals surface area contributed by atoms with Crippen LogP contribution in [-0.4, -0.2) is 43.4 Å². The molecule has 40 heavy (non-hydrogen) atoms. The first-order valence-electron chi connectivity index (χ1n) is 12.3. The summed E-state index contributed by atoms with van der Waals surface area (Å²) >= 11 is 1.54. The molecule has 3 heterocycles. The molecule has 1 saturated heterocycles. The number of thiazole rings is 1. The zero-order valence-electron chi connectivity index (χ0n) is 20.9. The number of pyridine rings is 1. The van der Waals surface area contributed by atoms with Gasteiger partial charge in [-0.2, -0.15) is 13.2 Å². The number of rotatable bonds is 7. The van der Waals surface area contributed by atoms with Crippen molar-refractivity contribution >= 4 is 38.1 Å². The van der Waals surface area contributed by atoms with E-state index >= 15 is 0 Å². The Balaban J connectivity index is 1.28. The van der Waals surface area contributed by atoms with E-state index in [9.17, 15) is 26.4 Å². The predicted molar refractivity (Wildman–Crippen MR) is 147 cm³/mol. The number of benzene rings is 2. The van der Waals surface area contributed by atoms with Gasteiger partial charge in [-0.3, -0.25) is 14.5 Å². The molecule has 1 aliphatic heterocycles. The topological polar surface area (TPSA) is 104 Å². The van der Waals surface area contributed by atoms with Crippen LogP contribution in [0.25, 0.3) is 11.3 Å². The van der Waals surface area contributed by atoms with Gasteiger partial charge in [0.25, 0.3) is 15.9 Å². The molecule has 4 aromatic rings. The normalized spacial score (nSPS) is 14.6. The lowest BCUT2D eigenvalue weighted by Gasteiger charge is -2.32. The maximum absolute atomic E-state index is 13.4. The molecular weight excluding hydrogens is 563 g/mol. The molecule has 0 aliphatic carbocycles. The van der Waals surface area contributed by atoms with Crippen LogP contribution in [0.15, 0.2) is 83.3 Å². The largest absolute Gasteiger partial charge is 0.416 e. The number of alkyl halides is 3. The van der Waals surface area contributed by atoms with Gasteiger partial charge in [0.05, 0.1) is 22.5 Å². The van der Waals surface area contributed by atoms with Gasteiger partial charge in [-0.15, -0.1) is 11.3 Å². The predicted octanol–water partition coefficient (Wildman–Crippen LogP) is 5.42. The van der Waals surface area contributed by atoms with Crippen molar-refractivity contribution < 1.29 is 26.4 Å². The first-order chi connectivity index (χ1) is 19.1. The number of hydrogen-bond donors (Lipinski definition) is 2. The molecule has 5 rings (SSSR count). The molecule has 0 atom stereocenters. The molecule has 1 aliphatic rings. The van der Waals surface area contributed by atoms with Crippen LogP contribution in [0.2, 0.25) is 0 Å². The van der Waals surface area contributed by atoms with Gasteiger partial charge in [0.15, 0.2) is 5.13 Å². The van der Waals surface area contributed by atoms with Crippen molar-refractivity contribution in [1.29, 1.82) is 0 Å². The second-order valence-electron chi connectivity index (χ2n) is 9.17. The molecule has 1 fully saturated rings. The molecule has 208 valence electrons. The average molecular weight is 588 g/mol. The highest BCUT2D eigenvalue weighted by Crippen LogP contribution is 2.33. The summed E-state index contributed by atoms with van der Waals surface area (Å²) in [4.78, 5) is 23.5. The molecule has 0 saturated carbocycles. The smallest absolute Gasteiger partial charge is 0.349 e. The summed E-state index contributed by atoms with van der Waals surface area (Å²) in [6.45, 7) is 1.25. The molecule has 2 aromatic carbocycles. The Morgan fingerprint density at radius 3 is 2.45 bits per heavy atom. The molecule has 2 aromatic heterocycles. The SMILES string of the molecule is O=C(NC1CCN(c2nc(-c3ccccc3)cs2)CC1)c1ccc(C(F)(F)F)cc1NS(=O)(=O)c1cccnc1. The lowest BCUT2D eigenvalue weighted by Crippen LogP contribution is -2.44. The minimum absolute atomic E-state index is 0.213. The number of carbonyl (C=O) groups excluding carboxylic acids is 1. The molecule has 0 radical (unpaired) electrons. The van der Waals surface area contributed by atoms with Crippen molar-refractivity contribution in [3.63, 3.8) is 0 Å². The fraction of sp³-hybridized carbons (Fsp3) is 0.222. The Kier molecular flexibility index (Phi) is 7.76. The average Bonchev–Trinajstić information content (AvgIpc) is 3.44. The van der Waals surface area contributed by atoms with Gasteiger partial charge in [0.2, 0.25) is 0 Å². The third-order valence-electron chi connectivity index (χ3n) is 6.44. The molecule has 0 spiro atoms. The van der Waals surface area contributed by atoms with E-state index in [-0.39, 0.29) is 16.5 Å². The second kappa shape index (κ2) is 11.3. The van der Waals surface area contributed by atoms with Crippen LogP contribution in [0.3, 0.4) is 0 Å². The lowest BCUT2D eigenvalue weighted by atomic mass is 10.0. The van der Waals surface area contributed by atoms with Gasteiger partial charge in [0.1, 0.15) is 4.90 Å². The summed E-state index contributed by atoms with van der Waals surface area (Å²) < 4.78 is 68.0. The van der Waals surface area contributed by atoms with Crippen LogP contribution in [0.4, 0.5) is 24.0 Å². The summed E-state index contributed by atoms with van der Waals surface area (Å²) in [6.07, 6.45) is -1.13. The van der Waals surface area contributed by atoms with E-state index < -0.39 is 33.4 Å². The van der Waals surface area contributed by atoms with Crippen LogP contribution in [-0.2, 0) is 16.2 Å². The first kappa shape index (κ1) is 27.6. The Labute approximate surface area is 233 Å². The minimum Gasteiger partial charge on any atom is -0.349 e. The van der Waals surface area contributed by atoms with Crippen LogP contribution in [0.5, 0.6) is 0 Å². The first-order valence-corrected chi connectivity index (χ1v) is 14.7. The molecule has 0 bridgehead atoms. The van der Waals surface area contributed by atoms with Gasteiger partial charge in [-0.25, -0.2) is 13.4 Å². The number of hydrogen-bond acceptors (Lipinski definition) is 7. The fourth-order valence-electron chi connectivity index (χ4n) is 4.34. The van der Waals surface area contributed by atoms with Crippen molar-refractivity contribution in [3.8, 4) is 11.3 Å². The van der Waals surface area contributed by atoms with Crippen molar-refractivity contribution in [3.05, 3.63) is 89.6 Å². The molecule has 2 N–H and O–H groups in total. The number of carbonyl (C=O) groups is 1. The summed E-state index contributed by atoms with van der Waals surface area (Å²) in [6, 6.07) is 14.6. The molecular formula is C27H24F3N5O3S2. The van der Waals surface area contributed by atoms with Gasteiger partial charge in [0, 0.05) is 42.5 Å². The van der Waals surface area contributed by atoms with Crippen LogP contribution < -0.4 is 14.9 Å². The molecule has 13 heteroatoms. The molecule has 8 nitrogen and oxygen atoms in total. The highest BCUT2D eigenvalue weighted by molar-refractivity contribution is 7.92. The Morgan fingerprint density at radius 2 is 1.77 bits per heavy atom. The van der Waals surface area contributed by atoms with Gasteiger partial charge in [-0.1, -0.05) is 30.3 Å². The van der Waals surface area contributed by atoms with E-state index in [1.54, 1.807) is 0 Å². The van der Waals surface area contributed by atoms with Gasteiger partial charge < -0.3 is 10.2 Å². The monoisotopic (exact) mass is 587 g/mol. The Hall–Kier alpha value is -3.97. The molecule has 1 amide bonds. The number of halogens is 3. The number of nitrogens with zero attached hydrogens (tertiary/aromatic N) is 3.